The standard InChI is InChI=1S/C16H33N3O2/c1-4-6-8-19(9-7-5-2)16(20)14-18-10-11-21-15(13-18)12-17-3/h15,17H,4-14H2,1-3H3. The Morgan fingerprint density at radius 3 is 2.52 bits per heavy atom. The van der Waals surface area contributed by atoms with Crippen molar-refractivity contribution in [1.82, 2.24) is 15.1 Å². The van der Waals surface area contributed by atoms with E-state index >= 15 is 0 Å². The second-order valence-electron chi connectivity index (χ2n) is 5.87. The Morgan fingerprint density at radius 1 is 1.29 bits per heavy atom. The molecule has 1 rings (SSSR count). The highest BCUT2D eigenvalue weighted by Gasteiger charge is 2.23. The van der Waals surface area contributed by atoms with Crippen molar-refractivity contribution < 1.29 is 9.53 Å². The highest BCUT2D eigenvalue weighted by molar-refractivity contribution is 5.78. The fourth-order valence-electron chi connectivity index (χ4n) is 2.63. The predicted octanol–water partition coefficient (Wildman–Crippen LogP) is 1.34. The third-order valence-electron chi connectivity index (χ3n) is 3.93. The maximum atomic E-state index is 12.5. The number of rotatable bonds is 10. The van der Waals surface area contributed by atoms with Crippen LogP contribution in [0.15, 0.2) is 0 Å². The van der Waals surface area contributed by atoms with Gasteiger partial charge in [-0.25, -0.2) is 0 Å². The maximum absolute atomic E-state index is 12.5. The van der Waals surface area contributed by atoms with Crippen LogP contribution < -0.4 is 5.32 Å². The Kier molecular flexibility index (Phi) is 9.63. The summed E-state index contributed by atoms with van der Waals surface area (Å²) in [6.45, 7) is 9.97. The molecule has 1 amide bonds. The molecular formula is C16H33N3O2. The SMILES string of the molecule is CCCCN(CCCC)C(=O)CN1CCOC(CNC)C1. The summed E-state index contributed by atoms with van der Waals surface area (Å²) in [6.07, 6.45) is 4.67. The fourth-order valence-corrected chi connectivity index (χ4v) is 2.63. The number of morpholine rings is 1. The first-order valence-corrected chi connectivity index (χ1v) is 8.47. The smallest absolute Gasteiger partial charge is 0.236 e. The zero-order valence-corrected chi connectivity index (χ0v) is 14.1. The highest BCUT2D eigenvalue weighted by atomic mass is 16.5. The minimum atomic E-state index is 0.205. The molecule has 1 aliphatic heterocycles. The van der Waals surface area contributed by atoms with Crippen molar-refractivity contribution in [3.8, 4) is 0 Å². The third kappa shape index (κ3) is 7.25. The summed E-state index contributed by atoms with van der Waals surface area (Å²) in [5.74, 6) is 0.280. The molecule has 0 aromatic rings. The summed E-state index contributed by atoms with van der Waals surface area (Å²) in [5, 5.41) is 3.14. The molecule has 1 atom stereocenters. The van der Waals surface area contributed by atoms with Gasteiger partial charge in [-0.2, -0.15) is 0 Å². The van der Waals surface area contributed by atoms with E-state index in [2.05, 4.69) is 29.0 Å². The van der Waals surface area contributed by atoms with Crippen LogP contribution in [0.4, 0.5) is 0 Å². The summed E-state index contributed by atoms with van der Waals surface area (Å²) in [7, 11) is 1.94. The Bertz CT molecular complexity index is 277. The fraction of sp³-hybridized carbons (Fsp3) is 0.938. The molecule has 1 aliphatic rings. The highest BCUT2D eigenvalue weighted by Crippen LogP contribution is 2.07. The monoisotopic (exact) mass is 299 g/mol. The van der Waals surface area contributed by atoms with Crippen LogP contribution in [0.5, 0.6) is 0 Å². The van der Waals surface area contributed by atoms with Gasteiger partial charge >= 0.3 is 0 Å². The van der Waals surface area contributed by atoms with Gasteiger partial charge in [0.25, 0.3) is 0 Å². The number of carbonyl (C=O) groups is 1. The Morgan fingerprint density at radius 2 is 1.95 bits per heavy atom. The van der Waals surface area contributed by atoms with Crippen LogP contribution in [0.25, 0.3) is 0 Å². The zero-order chi connectivity index (χ0) is 15.5. The van der Waals surface area contributed by atoms with Crippen molar-refractivity contribution in [2.24, 2.45) is 0 Å². The van der Waals surface area contributed by atoms with Crippen molar-refractivity contribution >= 4 is 5.91 Å². The molecule has 0 aliphatic carbocycles. The van der Waals surface area contributed by atoms with Gasteiger partial charge in [0.05, 0.1) is 19.3 Å². The maximum Gasteiger partial charge on any atom is 0.236 e. The van der Waals surface area contributed by atoms with E-state index in [4.69, 9.17) is 4.74 Å². The molecule has 0 spiro atoms. The predicted molar refractivity (Wildman–Crippen MR) is 86.5 cm³/mol. The molecule has 1 fully saturated rings. The largest absolute Gasteiger partial charge is 0.374 e. The van der Waals surface area contributed by atoms with Crippen LogP contribution in [-0.2, 0) is 9.53 Å². The number of hydrogen-bond acceptors (Lipinski definition) is 4. The van der Waals surface area contributed by atoms with Gasteiger partial charge < -0.3 is 15.0 Å². The lowest BCUT2D eigenvalue weighted by atomic mass is 10.2. The molecule has 0 aromatic heterocycles. The van der Waals surface area contributed by atoms with Crippen molar-refractivity contribution in [2.75, 3.05) is 52.9 Å². The molecule has 5 nitrogen and oxygen atoms in total. The van der Waals surface area contributed by atoms with E-state index < -0.39 is 0 Å². The van der Waals surface area contributed by atoms with Crippen molar-refractivity contribution in [2.45, 2.75) is 45.6 Å². The normalized spacial score (nSPS) is 19.7. The lowest BCUT2D eigenvalue weighted by Gasteiger charge is -2.34. The van der Waals surface area contributed by atoms with Gasteiger partial charge in [0, 0.05) is 32.7 Å². The number of ether oxygens (including phenoxy) is 1. The van der Waals surface area contributed by atoms with Crippen molar-refractivity contribution in [3.05, 3.63) is 0 Å². The third-order valence-corrected chi connectivity index (χ3v) is 3.93. The molecule has 0 aromatic carbocycles. The second-order valence-corrected chi connectivity index (χ2v) is 5.87. The number of nitrogens with one attached hydrogen (secondary N) is 1. The molecule has 1 heterocycles. The Balaban J connectivity index is 2.42. The van der Waals surface area contributed by atoms with E-state index in [-0.39, 0.29) is 12.0 Å². The quantitative estimate of drug-likeness (QED) is 0.661. The minimum absolute atomic E-state index is 0.205. The second kappa shape index (κ2) is 11.0. The van der Waals surface area contributed by atoms with E-state index in [1.165, 1.54) is 0 Å². The van der Waals surface area contributed by atoms with Crippen molar-refractivity contribution in [3.63, 3.8) is 0 Å². The average molecular weight is 299 g/mol. The number of carbonyl (C=O) groups excluding carboxylic acids is 1. The first kappa shape index (κ1) is 18.4. The van der Waals surface area contributed by atoms with Crippen LogP contribution in [-0.4, -0.2) is 74.7 Å². The van der Waals surface area contributed by atoms with Crippen molar-refractivity contribution in [1.29, 1.82) is 0 Å². The molecule has 0 saturated carbocycles. The molecule has 1 saturated heterocycles. The van der Waals surface area contributed by atoms with Gasteiger partial charge in [-0.15, -0.1) is 0 Å². The zero-order valence-electron chi connectivity index (χ0n) is 14.1. The van der Waals surface area contributed by atoms with Crippen LogP contribution in [0.2, 0.25) is 0 Å². The van der Waals surface area contributed by atoms with Crippen LogP contribution in [0, 0.1) is 0 Å². The van der Waals surface area contributed by atoms with E-state index in [1.54, 1.807) is 0 Å². The number of likely N-dealkylation sites (N-methyl/N-ethyl adjacent to an activating group) is 1. The van der Waals surface area contributed by atoms with Gasteiger partial charge in [0.1, 0.15) is 0 Å². The molecule has 0 radical (unpaired) electrons. The van der Waals surface area contributed by atoms with E-state index in [0.717, 1.165) is 65.0 Å². The summed E-state index contributed by atoms with van der Waals surface area (Å²) in [4.78, 5) is 16.8. The number of hydrogen-bond donors (Lipinski definition) is 1. The summed E-state index contributed by atoms with van der Waals surface area (Å²) < 4.78 is 5.69. The lowest BCUT2D eigenvalue weighted by Crippen LogP contribution is -2.50. The van der Waals surface area contributed by atoms with E-state index in [0.29, 0.717) is 6.54 Å². The molecule has 0 bridgehead atoms. The number of nitrogens with zero attached hydrogens (tertiary/aromatic N) is 2. The topological polar surface area (TPSA) is 44.8 Å². The molecule has 21 heavy (non-hydrogen) atoms. The van der Waals surface area contributed by atoms with Crippen LogP contribution >= 0.6 is 0 Å². The van der Waals surface area contributed by atoms with Gasteiger partial charge in [0.2, 0.25) is 5.91 Å². The lowest BCUT2D eigenvalue weighted by molar-refractivity contribution is -0.134. The number of amides is 1. The Labute approximate surface area is 130 Å². The first-order valence-electron chi connectivity index (χ1n) is 8.47. The summed E-state index contributed by atoms with van der Waals surface area (Å²) in [6, 6.07) is 0. The first-order chi connectivity index (χ1) is 10.2. The molecular weight excluding hydrogens is 266 g/mol. The summed E-state index contributed by atoms with van der Waals surface area (Å²) in [5.41, 5.74) is 0. The minimum Gasteiger partial charge on any atom is -0.374 e. The van der Waals surface area contributed by atoms with E-state index in [1.807, 2.05) is 7.05 Å². The molecule has 1 unspecified atom stereocenters. The van der Waals surface area contributed by atoms with Gasteiger partial charge in [0.15, 0.2) is 0 Å². The average Bonchev–Trinajstić information content (AvgIpc) is 2.48. The van der Waals surface area contributed by atoms with Gasteiger partial charge in [-0.05, 0) is 19.9 Å². The molecule has 5 heteroatoms. The molecule has 124 valence electrons. The number of unbranched alkanes of at least 4 members (excludes halogenated alkanes) is 2. The molecule has 1 N–H and O–H groups in total. The van der Waals surface area contributed by atoms with Gasteiger partial charge in [-0.1, -0.05) is 26.7 Å². The summed E-state index contributed by atoms with van der Waals surface area (Å²) >= 11 is 0. The van der Waals surface area contributed by atoms with Crippen LogP contribution in [0.1, 0.15) is 39.5 Å². The van der Waals surface area contributed by atoms with Gasteiger partial charge in [-0.3, -0.25) is 9.69 Å². The Hall–Kier alpha value is -0.650. The van der Waals surface area contributed by atoms with Crippen LogP contribution in [0.3, 0.4) is 0 Å². The van der Waals surface area contributed by atoms with E-state index in [9.17, 15) is 4.79 Å².